The molecule has 0 saturated carbocycles. The zero-order valence-corrected chi connectivity index (χ0v) is 5.84. The van der Waals surface area contributed by atoms with Crippen molar-refractivity contribution in [1.82, 2.24) is 0 Å². The van der Waals surface area contributed by atoms with Crippen LogP contribution in [0.4, 0.5) is 0 Å². The number of rotatable bonds is 2. The van der Waals surface area contributed by atoms with Gasteiger partial charge in [0.05, 0.1) is 0 Å². The summed E-state index contributed by atoms with van der Waals surface area (Å²) < 4.78 is 37.1. The Labute approximate surface area is 51.4 Å². The first-order valence-corrected chi connectivity index (χ1v) is 5.11. The van der Waals surface area contributed by atoms with E-state index in [1.807, 2.05) is 0 Å². The van der Waals surface area contributed by atoms with Crippen molar-refractivity contribution >= 4 is 17.7 Å². The zero-order valence-electron chi connectivity index (χ0n) is 4.13. The fourth-order valence-electron chi connectivity index (χ4n) is 0.213. The Morgan fingerprint density at radius 1 is 1.33 bits per heavy atom. The molecule has 0 atom stereocenters. The largest absolute Gasteiger partial charge is 0.343 e. The van der Waals surface area contributed by atoms with Crippen molar-refractivity contribution in [1.29, 1.82) is 0 Å². The van der Waals surface area contributed by atoms with Crippen LogP contribution in [0, 0.1) is 0 Å². The van der Waals surface area contributed by atoms with Gasteiger partial charge in [0.25, 0.3) is 10.1 Å². The summed E-state index contributed by atoms with van der Waals surface area (Å²) >= 11 is 0. The van der Waals surface area contributed by atoms with Crippen LogP contribution in [0.15, 0.2) is 0 Å². The third kappa shape index (κ3) is 8.06. The summed E-state index contributed by atoms with van der Waals surface area (Å²) in [4.78, 5) is 15.9. The fraction of sp³-hybridized carbons (Fsp3) is 1.00. The lowest BCUT2D eigenvalue weighted by Gasteiger charge is -1.97. The second-order valence-electron chi connectivity index (χ2n) is 1.38. The van der Waals surface area contributed by atoms with Crippen molar-refractivity contribution in [2.75, 3.05) is 5.49 Å². The van der Waals surface area contributed by atoms with E-state index in [4.69, 9.17) is 14.3 Å². The molecule has 0 aliphatic rings. The van der Waals surface area contributed by atoms with Crippen LogP contribution >= 0.6 is 7.60 Å². The maximum absolute atomic E-state index is 9.80. The summed E-state index contributed by atoms with van der Waals surface area (Å²) in [6, 6.07) is 0. The van der Waals surface area contributed by atoms with Crippen molar-refractivity contribution in [2.45, 2.75) is 0 Å². The third-order valence-corrected chi connectivity index (χ3v) is 2.98. The van der Waals surface area contributed by atoms with Crippen molar-refractivity contribution in [3.8, 4) is 0 Å². The van der Waals surface area contributed by atoms with Gasteiger partial charge in [0.2, 0.25) is 0 Å². The van der Waals surface area contributed by atoms with Gasteiger partial charge in [0.1, 0.15) is 0 Å². The van der Waals surface area contributed by atoms with Gasteiger partial charge in [-0.15, -0.1) is 0 Å². The van der Waals surface area contributed by atoms with E-state index in [1.165, 1.54) is 0 Å². The lowest BCUT2D eigenvalue weighted by molar-refractivity contribution is 0.376. The highest BCUT2D eigenvalue weighted by Crippen LogP contribution is 2.35. The van der Waals surface area contributed by atoms with Crippen molar-refractivity contribution in [3.63, 3.8) is 0 Å². The standard InChI is InChI=1S/CH5O6PS/c2-8(3,4)1-9(5,6)7/h1H2,(H2,2,3,4)(H,5,6,7). The molecule has 0 bridgehead atoms. The van der Waals surface area contributed by atoms with Crippen LogP contribution in [-0.2, 0) is 14.7 Å². The van der Waals surface area contributed by atoms with Crippen LogP contribution in [0.1, 0.15) is 0 Å². The normalized spacial score (nSPS) is 13.7. The molecule has 0 aliphatic heterocycles. The molecule has 8 heteroatoms. The predicted octanol–water partition coefficient (Wildman–Crippen LogP) is -0.991. The fourth-order valence-corrected chi connectivity index (χ4v) is 1.91. The van der Waals surface area contributed by atoms with E-state index in [-0.39, 0.29) is 0 Å². The minimum absolute atomic E-state index is 1.51. The molecule has 0 heterocycles. The Hall–Kier alpha value is 0.0600. The van der Waals surface area contributed by atoms with Gasteiger partial charge < -0.3 is 9.79 Å². The van der Waals surface area contributed by atoms with E-state index in [0.717, 1.165) is 0 Å². The highest BCUT2D eigenvalue weighted by atomic mass is 32.2. The van der Waals surface area contributed by atoms with Crippen LogP contribution in [0.25, 0.3) is 0 Å². The third-order valence-electron chi connectivity index (χ3n) is 0.331. The van der Waals surface area contributed by atoms with Gasteiger partial charge in [-0.1, -0.05) is 0 Å². The molecule has 56 valence electrons. The maximum Gasteiger partial charge on any atom is 0.343 e. The van der Waals surface area contributed by atoms with E-state index in [1.54, 1.807) is 0 Å². The molecule has 0 aliphatic carbocycles. The molecule has 9 heavy (non-hydrogen) atoms. The minimum atomic E-state index is -4.63. The molecule has 6 nitrogen and oxygen atoms in total. The first kappa shape index (κ1) is 9.06. The second kappa shape index (κ2) is 2.36. The molecule has 3 N–H and O–H groups in total. The number of hydrogen-bond donors (Lipinski definition) is 3. The van der Waals surface area contributed by atoms with E-state index in [2.05, 4.69) is 0 Å². The molecule has 0 spiro atoms. The second-order valence-corrected chi connectivity index (χ2v) is 4.90. The quantitative estimate of drug-likeness (QED) is 0.368. The molecule has 0 aromatic rings. The number of hydrogen-bond acceptors (Lipinski definition) is 3. The van der Waals surface area contributed by atoms with Crippen molar-refractivity contribution in [3.05, 3.63) is 0 Å². The van der Waals surface area contributed by atoms with E-state index < -0.39 is 23.2 Å². The summed E-state index contributed by atoms with van der Waals surface area (Å²) in [5.74, 6) is 0. The molecule has 0 amide bonds. The molecular formula is CH5O6PS. The first-order valence-electron chi connectivity index (χ1n) is 1.70. The molecule has 0 radical (unpaired) electrons. The Morgan fingerprint density at radius 2 is 1.67 bits per heavy atom. The lowest BCUT2D eigenvalue weighted by atomic mass is 11.9. The zero-order chi connectivity index (χ0) is 7.71. The summed E-state index contributed by atoms with van der Waals surface area (Å²) in [5.41, 5.74) is -1.51. The molecular weight excluding hydrogens is 171 g/mol. The van der Waals surface area contributed by atoms with Gasteiger partial charge in [-0.2, -0.15) is 8.42 Å². The van der Waals surface area contributed by atoms with Crippen LogP contribution in [0.3, 0.4) is 0 Å². The molecule has 0 rings (SSSR count). The predicted molar refractivity (Wildman–Crippen MR) is 28.5 cm³/mol. The molecule has 0 aromatic heterocycles. The highest BCUT2D eigenvalue weighted by molar-refractivity contribution is 7.92. The molecule has 0 fully saturated rings. The SMILES string of the molecule is O=P(O)(O)CS(=O)(=O)O. The van der Waals surface area contributed by atoms with E-state index in [9.17, 15) is 13.0 Å². The van der Waals surface area contributed by atoms with Gasteiger partial charge in [-0.25, -0.2) is 0 Å². The minimum Gasteiger partial charge on any atom is -0.324 e. The van der Waals surface area contributed by atoms with E-state index >= 15 is 0 Å². The maximum atomic E-state index is 9.80. The van der Waals surface area contributed by atoms with Crippen molar-refractivity contribution in [2.24, 2.45) is 0 Å². The topological polar surface area (TPSA) is 112 Å². The Morgan fingerprint density at radius 3 is 1.67 bits per heavy atom. The van der Waals surface area contributed by atoms with Crippen LogP contribution in [-0.4, -0.2) is 28.3 Å². The molecule has 0 unspecified atom stereocenters. The van der Waals surface area contributed by atoms with Crippen molar-refractivity contribution < 1.29 is 27.3 Å². The smallest absolute Gasteiger partial charge is 0.324 e. The van der Waals surface area contributed by atoms with Gasteiger partial charge in [-0.05, 0) is 0 Å². The van der Waals surface area contributed by atoms with Gasteiger partial charge in [0, 0.05) is 0 Å². The summed E-state index contributed by atoms with van der Waals surface area (Å²) in [6.45, 7) is 0. The monoisotopic (exact) mass is 176 g/mol. The Bertz CT molecular complexity index is 219. The molecule has 0 saturated heterocycles. The first-order chi connectivity index (χ1) is 3.71. The summed E-state index contributed by atoms with van der Waals surface area (Å²) in [6.07, 6.45) is 0. The Balaban J connectivity index is 4.26. The van der Waals surface area contributed by atoms with Crippen LogP contribution in [0.5, 0.6) is 0 Å². The molecule has 0 aromatic carbocycles. The van der Waals surface area contributed by atoms with Gasteiger partial charge in [-0.3, -0.25) is 9.12 Å². The Kier molecular flexibility index (Phi) is 2.37. The average Bonchev–Trinajstić information content (AvgIpc) is 1.14. The van der Waals surface area contributed by atoms with Gasteiger partial charge >= 0.3 is 7.60 Å². The van der Waals surface area contributed by atoms with Gasteiger partial charge in [0.15, 0.2) is 5.49 Å². The summed E-state index contributed by atoms with van der Waals surface area (Å²) in [7, 11) is -9.17. The van der Waals surface area contributed by atoms with E-state index in [0.29, 0.717) is 0 Å². The average molecular weight is 176 g/mol. The lowest BCUT2D eigenvalue weighted by Crippen LogP contribution is -2.03. The summed E-state index contributed by atoms with van der Waals surface area (Å²) in [5, 5.41) is 0. The van der Waals surface area contributed by atoms with Crippen LogP contribution in [0.2, 0.25) is 0 Å². The highest BCUT2D eigenvalue weighted by Gasteiger charge is 2.21. The van der Waals surface area contributed by atoms with Crippen LogP contribution < -0.4 is 0 Å².